The summed E-state index contributed by atoms with van der Waals surface area (Å²) in [5, 5.41) is 12.2. The van der Waals surface area contributed by atoms with Crippen LogP contribution in [0.15, 0.2) is 82.0 Å². The molecule has 5 heterocycles. The predicted octanol–water partition coefficient (Wildman–Crippen LogP) is 8.71. The maximum absolute atomic E-state index is 12.0. The first-order valence-electron chi connectivity index (χ1n) is 17.7. The summed E-state index contributed by atoms with van der Waals surface area (Å²) in [6, 6.07) is 19.6. The highest BCUT2D eigenvalue weighted by Crippen LogP contribution is 2.37. The lowest BCUT2D eigenvalue weighted by Gasteiger charge is -2.32. The summed E-state index contributed by atoms with van der Waals surface area (Å²) in [7, 11) is 2.38. The molecule has 15 heteroatoms. The van der Waals surface area contributed by atoms with Gasteiger partial charge in [0.25, 0.3) is 0 Å². The molecule has 7 rings (SSSR count). The Morgan fingerprint density at radius 2 is 1.35 bits per heavy atom. The van der Waals surface area contributed by atoms with Crippen LogP contribution in [0.2, 0.25) is 0 Å². The van der Waals surface area contributed by atoms with Crippen LogP contribution in [0.5, 0.6) is 0 Å². The minimum Gasteiger partial charge on any atom is -0.464 e. The van der Waals surface area contributed by atoms with Crippen molar-refractivity contribution in [2.75, 3.05) is 14.2 Å². The molecule has 0 unspecified atom stereocenters. The van der Waals surface area contributed by atoms with Crippen molar-refractivity contribution in [3.8, 4) is 5.69 Å². The van der Waals surface area contributed by atoms with Crippen molar-refractivity contribution in [3.05, 3.63) is 105 Å². The molecule has 0 aliphatic carbocycles. The third-order valence-corrected chi connectivity index (χ3v) is 10.4. The molecule has 2 aromatic carbocycles. The fraction of sp³-hybridized carbons (Fsp3) is 0.350. The number of fused-ring (bicyclic) bond motifs is 2. The van der Waals surface area contributed by atoms with E-state index in [0.717, 1.165) is 20.1 Å². The van der Waals surface area contributed by atoms with Crippen LogP contribution in [0.25, 0.3) is 27.8 Å². The Labute approximate surface area is 338 Å². The predicted molar refractivity (Wildman–Crippen MR) is 221 cm³/mol. The third kappa shape index (κ3) is 9.34. The highest BCUT2D eigenvalue weighted by Gasteiger charge is 2.51. The van der Waals surface area contributed by atoms with Gasteiger partial charge in [-0.3, -0.25) is 5.10 Å². The smallest absolute Gasteiger partial charge is 0.464 e. The number of hydrogen-bond acceptors (Lipinski definition) is 10. The number of esters is 2. The van der Waals surface area contributed by atoms with E-state index in [-0.39, 0.29) is 24.0 Å². The monoisotopic (exact) mass is 874 g/mol. The van der Waals surface area contributed by atoms with Crippen LogP contribution in [-0.4, -0.2) is 74.4 Å². The average Bonchev–Trinajstić information content (AvgIpc) is 3.82. The summed E-state index contributed by atoms with van der Waals surface area (Å²) < 4.78 is 25.3. The molecule has 1 fully saturated rings. The fourth-order valence-electron chi connectivity index (χ4n) is 5.62. The van der Waals surface area contributed by atoms with Gasteiger partial charge in [0, 0.05) is 21.3 Å². The van der Waals surface area contributed by atoms with Crippen molar-refractivity contribution < 1.29 is 28.4 Å². The first-order chi connectivity index (χ1) is 26.0. The number of hydrogen-bond donors (Lipinski definition) is 1. The van der Waals surface area contributed by atoms with Crippen molar-refractivity contribution in [1.29, 1.82) is 0 Å². The topological polar surface area (TPSA) is 143 Å². The van der Waals surface area contributed by atoms with Gasteiger partial charge in [0.15, 0.2) is 22.7 Å². The number of benzene rings is 2. The molecule has 288 valence electrons. The Morgan fingerprint density at radius 3 is 1.95 bits per heavy atom. The van der Waals surface area contributed by atoms with Crippen LogP contribution in [0.4, 0.5) is 0 Å². The maximum Gasteiger partial charge on any atom is 0.494 e. The molecule has 6 aromatic rings. The molecule has 0 amide bonds. The van der Waals surface area contributed by atoms with Gasteiger partial charge in [-0.2, -0.15) is 10.2 Å². The fourth-order valence-corrected chi connectivity index (χ4v) is 6.65. The quantitative estimate of drug-likeness (QED) is 0.128. The van der Waals surface area contributed by atoms with Gasteiger partial charge < -0.3 is 18.8 Å². The number of aromatic nitrogens is 6. The number of nitrogens with one attached hydrogen (secondary N) is 1. The van der Waals surface area contributed by atoms with Crippen LogP contribution in [0.3, 0.4) is 0 Å². The SMILES string of the molecule is CC(C)c1cc(Br)cc(B2OC(C)(C)C(C)(C)O2)c1.COC(=O)c1[nH]nc2ncccc12.COC(=O)c1nn(-c2cc(Br)cc(C(C)C)c2)c2ncccc12. The lowest BCUT2D eigenvalue weighted by molar-refractivity contribution is 0.00578. The zero-order valence-electron chi connectivity index (χ0n) is 32.6. The molecule has 55 heavy (non-hydrogen) atoms. The number of carbonyl (C=O) groups excluding carboxylic acids is 2. The van der Waals surface area contributed by atoms with Gasteiger partial charge in [-0.15, -0.1) is 0 Å². The zero-order valence-corrected chi connectivity index (χ0v) is 35.8. The highest BCUT2D eigenvalue weighted by atomic mass is 79.9. The molecule has 1 saturated heterocycles. The first kappa shape index (κ1) is 41.7. The molecule has 0 atom stereocenters. The van der Waals surface area contributed by atoms with E-state index in [1.54, 1.807) is 35.3 Å². The van der Waals surface area contributed by atoms with Crippen LogP contribution in [-0.2, 0) is 18.8 Å². The second-order valence-electron chi connectivity index (χ2n) is 14.5. The summed E-state index contributed by atoms with van der Waals surface area (Å²) in [5.74, 6) is -0.0453. The number of aromatic amines is 1. The summed E-state index contributed by atoms with van der Waals surface area (Å²) in [6.07, 6.45) is 3.30. The van der Waals surface area contributed by atoms with Crippen molar-refractivity contribution >= 4 is 78.4 Å². The van der Waals surface area contributed by atoms with Gasteiger partial charge in [0.1, 0.15) is 0 Å². The molecule has 0 saturated carbocycles. The lowest BCUT2D eigenvalue weighted by atomic mass is 9.77. The number of H-pyrrole nitrogens is 1. The van der Waals surface area contributed by atoms with Gasteiger partial charge in [-0.25, -0.2) is 24.2 Å². The Kier molecular flexibility index (Phi) is 13.0. The average molecular weight is 876 g/mol. The molecule has 4 aromatic heterocycles. The number of rotatable bonds is 6. The summed E-state index contributed by atoms with van der Waals surface area (Å²) >= 11 is 7.11. The molecule has 1 aliphatic rings. The third-order valence-electron chi connectivity index (χ3n) is 9.49. The van der Waals surface area contributed by atoms with Crippen LogP contribution >= 0.6 is 31.9 Å². The number of pyridine rings is 2. The zero-order chi connectivity index (χ0) is 40.2. The number of halogens is 2. The second-order valence-corrected chi connectivity index (χ2v) is 16.4. The minimum atomic E-state index is -0.471. The second kappa shape index (κ2) is 17.1. The standard InChI is InChI=1S/C17H16BrN3O2.C15H22BBrO2.C8H7N3O2/c1-10(2)11-7-12(18)9-13(8-11)21-16-14(5-4-6-19-16)15(20-21)17(22)23-3;1-10(2)11-7-12(9-13(17)8-11)16-18-14(3,4)15(5,6)19-16;1-13-8(12)6-5-3-2-4-9-7(5)11-10-6/h4-10H,1-3H3;7-10H,1-6H3;2-4H,1H3,(H,9,10,11). The van der Waals surface area contributed by atoms with E-state index in [1.165, 1.54) is 25.3 Å². The number of ether oxygens (including phenoxy) is 2. The van der Waals surface area contributed by atoms with E-state index >= 15 is 0 Å². The van der Waals surface area contributed by atoms with Crippen LogP contribution < -0.4 is 5.46 Å². The minimum absolute atomic E-state index is 0.265. The number of nitrogens with zero attached hydrogens (tertiary/aromatic N) is 5. The van der Waals surface area contributed by atoms with Crippen LogP contribution in [0, 0.1) is 0 Å². The molecular weight excluding hydrogens is 831 g/mol. The summed E-state index contributed by atoms with van der Waals surface area (Å²) in [5.41, 5.74) is 5.55. The normalized spacial score (nSPS) is 14.4. The first-order valence-corrected chi connectivity index (χ1v) is 19.3. The Morgan fingerprint density at radius 1 is 0.782 bits per heavy atom. The molecule has 12 nitrogen and oxygen atoms in total. The van der Waals surface area contributed by atoms with Gasteiger partial charge in [0.2, 0.25) is 0 Å². The largest absolute Gasteiger partial charge is 0.494 e. The summed E-state index contributed by atoms with van der Waals surface area (Å²) in [4.78, 5) is 31.5. The summed E-state index contributed by atoms with van der Waals surface area (Å²) in [6.45, 7) is 17.0. The van der Waals surface area contributed by atoms with Crippen LogP contribution in [0.1, 0.15) is 99.3 Å². The maximum atomic E-state index is 12.0. The molecule has 1 N–H and O–H groups in total. The molecule has 0 spiro atoms. The molecule has 0 bridgehead atoms. The van der Waals surface area contributed by atoms with Crippen molar-refractivity contribution in [2.24, 2.45) is 0 Å². The molecule has 1 aliphatic heterocycles. The van der Waals surface area contributed by atoms with Gasteiger partial charge >= 0.3 is 19.1 Å². The Balaban J connectivity index is 0.000000164. The van der Waals surface area contributed by atoms with E-state index in [1.807, 2.05) is 12.1 Å². The van der Waals surface area contributed by atoms with E-state index in [4.69, 9.17) is 14.0 Å². The van der Waals surface area contributed by atoms with Crippen molar-refractivity contribution in [3.63, 3.8) is 0 Å². The van der Waals surface area contributed by atoms with Gasteiger partial charge in [-0.1, -0.05) is 65.6 Å². The van der Waals surface area contributed by atoms with Gasteiger partial charge in [0.05, 0.1) is 41.9 Å². The van der Waals surface area contributed by atoms with E-state index in [2.05, 4.69) is 148 Å². The van der Waals surface area contributed by atoms with Gasteiger partial charge in [-0.05, 0) is 111 Å². The molecule has 0 radical (unpaired) electrons. The lowest BCUT2D eigenvalue weighted by Crippen LogP contribution is -2.41. The van der Waals surface area contributed by atoms with E-state index < -0.39 is 11.9 Å². The Bertz CT molecular complexity index is 2310. The molecular formula is C40H45BBr2N6O6. The number of carbonyl (C=O) groups is 2. The highest BCUT2D eigenvalue weighted by molar-refractivity contribution is 9.10. The Hall–Kier alpha value is -4.44. The van der Waals surface area contributed by atoms with E-state index in [0.29, 0.717) is 39.6 Å². The number of methoxy groups -OCH3 is 2. The van der Waals surface area contributed by atoms with Crippen molar-refractivity contribution in [1.82, 2.24) is 29.9 Å². The van der Waals surface area contributed by atoms with E-state index in [9.17, 15) is 9.59 Å². The van der Waals surface area contributed by atoms with Crippen molar-refractivity contribution in [2.45, 2.75) is 78.4 Å².